The molecule has 2 N–H and O–H groups in total. The highest BCUT2D eigenvalue weighted by Gasteiger charge is 2.20. The number of hydrogen-bond acceptors (Lipinski definition) is 5. The molecule has 2 amide bonds. The van der Waals surface area contributed by atoms with Crippen molar-refractivity contribution in [1.82, 2.24) is 20.1 Å². The van der Waals surface area contributed by atoms with Crippen LogP contribution in [0.3, 0.4) is 0 Å². The lowest BCUT2D eigenvalue weighted by Gasteiger charge is -2.12. The lowest BCUT2D eigenvalue weighted by atomic mass is 10.1. The average molecular weight is 434 g/mol. The summed E-state index contributed by atoms with van der Waals surface area (Å²) in [4.78, 5) is 32.5. The Morgan fingerprint density at radius 2 is 1.84 bits per heavy atom. The Kier molecular flexibility index (Phi) is 5.56. The third-order valence-electron chi connectivity index (χ3n) is 4.94. The van der Waals surface area contributed by atoms with Crippen LogP contribution in [0.15, 0.2) is 48.7 Å². The molecule has 3 heterocycles. The first-order chi connectivity index (χ1) is 14.9. The first-order valence-electron chi connectivity index (χ1n) is 9.96. The van der Waals surface area contributed by atoms with Crippen molar-refractivity contribution < 1.29 is 9.59 Å². The van der Waals surface area contributed by atoms with Crippen LogP contribution in [-0.4, -0.2) is 33.6 Å². The molecule has 0 unspecified atom stereocenters. The van der Waals surface area contributed by atoms with E-state index in [9.17, 15) is 9.59 Å². The number of nitrogens with zero attached hydrogens (tertiary/aromatic N) is 3. The number of thiophene rings is 1. The van der Waals surface area contributed by atoms with Crippen molar-refractivity contribution in [2.75, 3.05) is 12.4 Å². The van der Waals surface area contributed by atoms with Gasteiger partial charge in [0, 0.05) is 18.0 Å². The van der Waals surface area contributed by atoms with Crippen LogP contribution in [0.1, 0.15) is 45.5 Å². The van der Waals surface area contributed by atoms with E-state index in [0.717, 1.165) is 10.6 Å². The molecular formula is C23H23N5O2S. The van der Waals surface area contributed by atoms with Gasteiger partial charge in [0.1, 0.15) is 0 Å². The molecule has 0 atom stereocenters. The molecule has 4 aromatic rings. The molecular weight excluding hydrogens is 410 g/mol. The molecule has 7 nitrogen and oxygen atoms in total. The maximum absolute atomic E-state index is 13.4. The molecule has 0 saturated carbocycles. The SMILES string of the molecule is CNC(=O)c1ccccc1NC(=O)c1cc(-c2ccc(C)s2)nc2c1cnn2C(C)C. The number of aromatic nitrogens is 3. The van der Waals surface area contributed by atoms with E-state index >= 15 is 0 Å². The van der Waals surface area contributed by atoms with Crippen LogP contribution in [-0.2, 0) is 0 Å². The predicted molar refractivity (Wildman–Crippen MR) is 124 cm³/mol. The van der Waals surface area contributed by atoms with E-state index in [0.29, 0.717) is 27.8 Å². The highest BCUT2D eigenvalue weighted by atomic mass is 32.1. The summed E-state index contributed by atoms with van der Waals surface area (Å²) in [5.41, 5.74) is 2.68. The second kappa shape index (κ2) is 8.31. The van der Waals surface area contributed by atoms with Crippen LogP contribution >= 0.6 is 11.3 Å². The van der Waals surface area contributed by atoms with Crippen LogP contribution in [0.5, 0.6) is 0 Å². The highest BCUT2D eigenvalue weighted by molar-refractivity contribution is 7.15. The molecule has 8 heteroatoms. The predicted octanol–water partition coefficient (Wildman–Crippen LogP) is 4.66. The molecule has 0 fully saturated rings. The summed E-state index contributed by atoms with van der Waals surface area (Å²) in [5.74, 6) is -0.584. The maximum Gasteiger partial charge on any atom is 0.256 e. The number of carbonyl (C=O) groups excluding carboxylic acids is 2. The van der Waals surface area contributed by atoms with E-state index in [1.165, 1.54) is 4.88 Å². The van der Waals surface area contributed by atoms with Gasteiger partial charge in [-0.3, -0.25) is 9.59 Å². The molecule has 158 valence electrons. The second-order valence-corrected chi connectivity index (χ2v) is 8.75. The quantitative estimate of drug-likeness (QED) is 0.479. The van der Waals surface area contributed by atoms with E-state index in [1.807, 2.05) is 37.6 Å². The fourth-order valence-corrected chi connectivity index (χ4v) is 4.22. The Morgan fingerprint density at radius 3 is 2.52 bits per heavy atom. The van der Waals surface area contributed by atoms with Crippen molar-refractivity contribution in [3.63, 3.8) is 0 Å². The van der Waals surface area contributed by atoms with Crippen molar-refractivity contribution in [1.29, 1.82) is 0 Å². The van der Waals surface area contributed by atoms with Gasteiger partial charge in [0.15, 0.2) is 5.65 Å². The summed E-state index contributed by atoms with van der Waals surface area (Å²) in [6, 6.07) is 12.8. The third-order valence-corrected chi connectivity index (χ3v) is 5.96. The van der Waals surface area contributed by atoms with Gasteiger partial charge in [-0.2, -0.15) is 5.10 Å². The number of amides is 2. The van der Waals surface area contributed by atoms with Crippen LogP contribution < -0.4 is 10.6 Å². The number of aryl methyl sites for hydroxylation is 1. The Hall–Kier alpha value is -3.52. The van der Waals surface area contributed by atoms with Gasteiger partial charge in [-0.15, -0.1) is 11.3 Å². The lowest BCUT2D eigenvalue weighted by Crippen LogP contribution is -2.21. The standard InChI is InChI=1S/C23H23N5O2S/c1-13(2)28-21-17(12-25-28)16(11-19(26-21)20-10-9-14(3)31-20)23(30)27-18-8-6-5-7-15(18)22(29)24-4/h5-13H,1-4H3,(H,24,29)(H,27,30). The fraction of sp³-hybridized carbons (Fsp3) is 0.217. The molecule has 0 bridgehead atoms. The minimum atomic E-state index is -0.318. The molecule has 0 saturated heterocycles. The van der Waals surface area contributed by atoms with Gasteiger partial charge < -0.3 is 10.6 Å². The number of anilines is 1. The van der Waals surface area contributed by atoms with Crippen molar-refractivity contribution >= 4 is 39.9 Å². The Bertz CT molecular complexity index is 1290. The van der Waals surface area contributed by atoms with E-state index in [4.69, 9.17) is 4.98 Å². The number of para-hydroxylation sites is 1. The van der Waals surface area contributed by atoms with Gasteiger partial charge >= 0.3 is 0 Å². The smallest absolute Gasteiger partial charge is 0.256 e. The van der Waals surface area contributed by atoms with Gasteiger partial charge in [-0.1, -0.05) is 12.1 Å². The third kappa shape index (κ3) is 3.94. The van der Waals surface area contributed by atoms with Crippen molar-refractivity contribution in [2.45, 2.75) is 26.8 Å². The highest BCUT2D eigenvalue weighted by Crippen LogP contribution is 2.31. The van der Waals surface area contributed by atoms with Crippen molar-refractivity contribution in [3.05, 3.63) is 64.7 Å². The van der Waals surface area contributed by atoms with E-state index < -0.39 is 0 Å². The van der Waals surface area contributed by atoms with Crippen LogP contribution in [0.25, 0.3) is 21.6 Å². The molecule has 0 aliphatic carbocycles. The Morgan fingerprint density at radius 1 is 1.06 bits per heavy atom. The first-order valence-corrected chi connectivity index (χ1v) is 10.8. The summed E-state index contributed by atoms with van der Waals surface area (Å²) >= 11 is 1.62. The van der Waals surface area contributed by atoms with E-state index in [2.05, 4.69) is 15.7 Å². The van der Waals surface area contributed by atoms with E-state index in [1.54, 1.807) is 54.9 Å². The molecule has 0 spiro atoms. The summed E-state index contributed by atoms with van der Waals surface area (Å²) in [6.07, 6.45) is 1.67. The normalized spacial score (nSPS) is 11.1. The molecule has 31 heavy (non-hydrogen) atoms. The van der Waals surface area contributed by atoms with Crippen molar-refractivity contribution in [3.8, 4) is 10.6 Å². The van der Waals surface area contributed by atoms with Gasteiger partial charge in [-0.25, -0.2) is 9.67 Å². The maximum atomic E-state index is 13.4. The summed E-state index contributed by atoms with van der Waals surface area (Å²) < 4.78 is 1.81. The van der Waals surface area contributed by atoms with Crippen LogP contribution in [0, 0.1) is 6.92 Å². The average Bonchev–Trinajstić information content (AvgIpc) is 3.39. The monoisotopic (exact) mass is 433 g/mol. The molecule has 4 rings (SSSR count). The zero-order valence-corrected chi connectivity index (χ0v) is 18.6. The van der Waals surface area contributed by atoms with Gasteiger partial charge in [-0.05, 0) is 51.1 Å². The molecule has 0 aliphatic heterocycles. The number of carbonyl (C=O) groups is 2. The molecule has 0 radical (unpaired) electrons. The summed E-state index contributed by atoms with van der Waals surface area (Å²) in [6.45, 7) is 6.08. The van der Waals surface area contributed by atoms with Crippen molar-refractivity contribution in [2.24, 2.45) is 0 Å². The number of nitrogens with one attached hydrogen (secondary N) is 2. The van der Waals surface area contributed by atoms with Gasteiger partial charge in [0.25, 0.3) is 11.8 Å². The minimum absolute atomic E-state index is 0.0928. The largest absolute Gasteiger partial charge is 0.355 e. The zero-order valence-electron chi connectivity index (χ0n) is 17.8. The zero-order chi connectivity index (χ0) is 22.1. The minimum Gasteiger partial charge on any atom is -0.355 e. The van der Waals surface area contributed by atoms with E-state index in [-0.39, 0.29) is 17.9 Å². The topological polar surface area (TPSA) is 88.9 Å². The van der Waals surface area contributed by atoms with Gasteiger partial charge in [0.2, 0.25) is 0 Å². The Labute approximate surface area is 184 Å². The van der Waals surface area contributed by atoms with Gasteiger partial charge in [0.05, 0.1) is 39.0 Å². The first kappa shape index (κ1) is 20.7. The number of hydrogen-bond donors (Lipinski definition) is 2. The number of fused-ring (bicyclic) bond motifs is 1. The number of rotatable bonds is 5. The lowest BCUT2D eigenvalue weighted by molar-refractivity contribution is 0.0964. The van der Waals surface area contributed by atoms with Crippen LogP contribution in [0.2, 0.25) is 0 Å². The molecule has 3 aromatic heterocycles. The Balaban J connectivity index is 1.83. The molecule has 1 aromatic carbocycles. The molecule has 0 aliphatic rings. The second-order valence-electron chi connectivity index (χ2n) is 7.46. The number of pyridine rings is 1. The summed E-state index contributed by atoms with van der Waals surface area (Å²) in [7, 11) is 1.56. The summed E-state index contributed by atoms with van der Waals surface area (Å²) in [5, 5.41) is 10.6. The number of benzene rings is 1. The fourth-order valence-electron chi connectivity index (χ4n) is 3.40. The van der Waals surface area contributed by atoms with Crippen LogP contribution in [0.4, 0.5) is 5.69 Å².